The molecule has 28 heavy (non-hydrogen) atoms. The van der Waals surface area contributed by atoms with Gasteiger partial charge in [-0.2, -0.15) is 5.10 Å². The van der Waals surface area contributed by atoms with Crippen molar-refractivity contribution in [2.75, 3.05) is 5.32 Å². The number of benzene rings is 1. The summed E-state index contributed by atoms with van der Waals surface area (Å²) in [7, 11) is -3.74. The fraction of sp³-hybridized carbons (Fsp3) is 0.412. The number of aromatic nitrogens is 2. The molecule has 2 heterocycles. The molecule has 0 spiro atoms. The monoisotopic (exact) mass is 429 g/mol. The number of rotatable bonds is 4. The van der Waals surface area contributed by atoms with Gasteiger partial charge in [0.05, 0.1) is 36.0 Å². The third kappa shape index (κ3) is 4.13. The Morgan fingerprint density at radius 2 is 2.11 bits per heavy atom. The van der Waals surface area contributed by atoms with Crippen LogP contribution < -0.4 is 10.0 Å². The van der Waals surface area contributed by atoms with Gasteiger partial charge in [-0.15, -0.1) is 0 Å². The van der Waals surface area contributed by atoms with Gasteiger partial charge in [0.25, 0.3) is 0 Å². The number of anilines is 1. The molecule has 2 aromatic rings. The molecule has 11 heteroatoms. The average molecular weight is 430 g/mol. The van der Waals surface area contributed by atoms with Crippen LogP contribution in [-0.4, -0.2) is 41.2 Å². The zero-order valence-electron chi connectivity index (χ0n) is 15.6. The van der Waals surface area contributed by atoms with Crippen molar-refractivity contribution in [2.45, 2.75) is 50.8 Å². The van der Waals surface area contributed by atoms with Gasteiger partial charge >= 0.3 is 6.03 Å². The van der Waals surface area contributed by atoms with E-state index < -0.39 is 21.9 Å². The minimum atomic E-state index is -3.74. The first kappa shape index (κ1) is 20.6. The summed E-state index contributed by atoms with van der Waals surface area (Å²) >= 11 is 5.75. The van der Waals surface area contributed by atoms with Crippen molar-refractivity contribution >= 4 is 33.3 Å². The number of hydrogen-bond donors (Lipinski definition) is 2. The first-order valence-electron chi connectivity index (χ1n) is 8.68. The highest BCUT2D eigenvalue weighted by molar-refractivity contribution is 7.89. The van der Waals surface area contributed by atoms with Crippen molar-refractivity contribution in [2.24, 2.45) is 0 Å². The molecule has 1 aromatic heterocycles. The highest BCUT2D eigenvalue weighted by atomic mass is 35.5. The van der Waals surface area contributed by atoms with Crippen LogP contribution in [0.1, 0.15) is 26.5 Å². The first-order chi connectivity index (χ1) is 13.1. The van der Waals surface area contributed by atoms with Gasteiger partial charge in [0.1, 0.15) is 10.7 Å². The number of nitrogens with one attached hydrogen (secondary N) is 2. The predicted molar refractivity (Wildman–Crippen MR) is 103 cm³/mol. The van der Waals surface area contributed by atoms with Gasteiger partial charge in [-0.25, -0.2) is 22.3 Å². The summed E-state index contributed by atoms with van der Waals surface area (Å²) in [6.45, 7) is 5.70. The Morgan fingerprint density at radius 1 is 1.39 bits per heavy atom. The van der Waals surface area contributed by atoms with E-state index in [1.807, 2.05) is 6.92 Å². The molecule has 2 amide bonds. The minimum absolute atomic E-state index is 0.0516. The molecule has 1 aliphatic rings. The minimum Gasteiger partial charge on any atom is -0.314 e. The van der Waals surface area contributed by atoms with Crippen LogP contribution in [0.2, 0.25) is 5.02 Å². The molecule has 0 unspecified atom stereocenters. The lowest BCUT2D eigenvalue weighted by molar-refractivity contribution is 0.160. The fourth-order valence-electron chi connectivity index (χ4n) is 3.02. The van der Waals surface area contributed by atoms with E-state index in [0.717, 1.165) is 6.07 Å². The van der Waals surface area contributed by atoms with Crippen LogP contribution in [0.5, 0.6) is 0 Å². The maximum absolute atomic E-state index is 13.3. The molecule has 152 valence electrons. The lowest BCUT2D eigenvalue weighted by atomic mass is 10.2. The van der Waals surface area contributed by atoms with Crippen LogP contribution in [0.25, 0.3) is 0 Å². The van der Waals surface area contributed by atoms with E-state index in [1.54, 1.807) is 18.5 Å². The van der Waals surface area contributed by atoms with Crippen LogP contribution in [0.3, 0.4) is 0 Å². The van der Waals surface area contributed by atoms with Crippen molar-refractivity contribution in [3.8, 4) is 0 Å². The Balaban J connectivity index is 1.84. The second kappa shape index (κ2) is 7.69. The van der Waals surface area contributed by atoms with E-state index in [1.165, 1.54) is 23.2 Å². The molecule has 0 saturated heterocycles. The molecule has 0 saturated carbocycles. The maximum Gasteiger partial charge on any atom is 0.322 e. The summed E-state index contributed by atoms with van der Waals surface area (Å²) in [5.41, 5.74) is 0.774. The SMILES string of the molecule is CC(C)NS(=O)(=O)c1cnn2c1CN(C(=O)Nc1ccc(F)c(Cl)c1)[C@@H](C)C2. The summed E-state index contributed by atoms with van der Waals surface area (Å²) in [6.07, 6.45) is 1.30. The van der Waals surface area contributed by atoms with Crippen molar-refractivity contribution in [1.29, 1.82) is 0 Å². The Labute approximate surface area is 167 Å². The number of amides is 2. The normalized spacial score (nSPS) is 16.9. The topological polar surface area (TPSA) is 96.3 Å². The molecule has 1 atom stereocenters. The number of hydrogen-bond acceptors (Lipinski definition) is 4. The first-order valence-corrected chi connectivity index (χ1v) is 10.5. The molecule has 0 radical (unpaired) electrons. The molecule has 1 aliphatic heterocycles. The van der Waals surface area contributed by atoms with Gasteiger partial charge in [-0.05, 0) is 39.0 Å². The highest BCUT2D eigenvalue weighted by Crippen LogP contribution is 2.25. The standard InChI is InChI=1S/C17H21ClFN5O3S/c1-10(2)22-28(26,27)16-7-20-24-8-11(3)23(9-15(16)24)17(25)21-12-4-5-14(19)13(18)6-12/h4-7,10-11,22H,8-9H2,1-3H3,(H,21,25)/t11-/m0/s1. The summed E-state index contributed by atoms with van der Waals surface area (Å²) in [4.78, 5) is 14.3. The van der Waals surface area contributed by atoms with Crippen molar-refractivity contribution in [1.82, 2.24) is 19.4 Å². The van der Waals surface area contributed by atoms with Crippen molar-refractivity contribution in [3.63, 3.8) is 0 Å². The molecule has 3 rings (SSSR count). The number of fused-ring (bicyclic) bond motifs is 1. The summed E-state index contributed by atoms with van der Waals surface area (Å²) < 4.78 is 42.5. The zero-order valence-corrected chi connectivity index (χ0v) is 17.2. The van der Waals surface area contributed by atoms with E-state index in [-0.39, 0.29) is 28.5 Å². The van der Waals surface area contributed by atoms with Crippen molar-refractivity contribution in [3.05, 3.63) is 40.9 Å². The molecule has 0 fully saturated rings. The van der Waals surface area contributed by atoms with Crippen LogP contribution in [0, 0.1) is 5.82 Å². The Morgan fingerprint density at radius 3 is 2.75 bits per heavy atom. The van der Waals surface area contributed by atoms with Gasteiger partial charge in [0.2, 0.25) is 10.0 Å². The van der Waals surface area contributed by atoms with Gasteiger partial charge in [-0.1, -0.05) is 11.6 Å². The second-order valence-corrected chi connectivity index (χ2v) is 9.04. The predicted octanol–water partition coefficient (Wildman–Crippen LogP) is 2.80. The highest BCUT2D eigenvalue weighted by Gasteiger charge is 2.33. The van der Waals surface area contributed by atoms with E-state index in [2.05, 4.69) is 15.1 Å². The Kier molecular flexibility index (Phi) is 5.64. The molecule has 0 aliphatic carbocycles. The molecule has 2 N–H and O–H groups in total. The largest absolute Gasteiger partial charge is 0.322 e. The quantitative estimate of drug-likeness (QED) is 0.781. The summed E-state index contributed by atoms with van der Waals surface area (Å²) in [5.74, 6) is -0.581. The second-order valence-electron chi connectivity index (χ2n) is 6.95. The molecule has 1 aromatic carbocycles. The smallest absolute Gasteiger partial charge is 0.314 e. The summed E-state index contributed by atoms with van der Waals surface area (Å²) in [6, 6.07) is 2.94. The van der Waals surface area contributed by atoms with Crippen LogP contribution in [0.15, 0.2) is 29.3 Å². The van der Waals surface area contributed by atoms with Gasteiger partial charge < -0.3 is 10.2 Å². The number of urea groups is 1. The number of halogens is 2. The zero-order chi connectivity index (χ0) is 20.6. The lowest BCUT2D eigenvalue weighted by Gasteiger charge is -2.34. The van der Waals surface area contributed by atoms with E-state index in [9.17, 15) is 17.6 Å². The van der Waals surface area contributed by atoms with Crippen LogP contribution in [-0.2, 0) is 23.1 Å². The fourth-order valence-corrected chi connectivity index (χ4v) is 4.61. The number of sulfonamides is 1. The van der Waals surface area contributed by atoms with Gasteiger partial charge in [0.15, 0.2) is 0 Å². The molecular weight excluding hydrogens is 409 g/mol. The number of carbonyl (C=O) groups excluding carboxylic acids is 1. The van der Waals surface area contributed by atoms with Crippen molar-refractivity contribution < 1.29 is 17.6 Å². The molecule has 0 bridgehead atoms. The Bertz CT molecular complexity index is 1010. The van der Waals surface area contributed by atoms with Crippen LogP contribution >= 0.6 is 11.6 Å². The lowest BCUT2D eigenvalue weighted by Crippen LogP contribution is -2.47. The van der Waals surface area contributed by atoms with Crippen LogP contribution in [0.4, 0.5) is 14.9 Å². The van der Waals surface area contributed by atoms with E-state index in [0.29, 0.717) is 17.9 Å². The summed E-state index contributed by atoms with van der Waals surface area (Å²) in [5, 5.41) is 6.72. The van der Waals surface area contributed by atoms with Gasteiger partial charge in [0, 0.05) is 11.7 Å². The third-order valence-corrected chi connectivity index (χ3v) is 6.30. The Hall–Kier alpha value is -2.17. The number of nitrogens with zero attached hydrogens (tertiary/aromatic N) is 3. The average Bonchev–Trinajstić information content (AvgIpc) is 2.99. The third-order valence-electron chi connectivity index (χ3n) is 4.31. The maximum atomic E-state index is 13.3. The number of carbonyl (C=O) groups is 1. The molecular formula is C17H21ClFN5O3S. The van der Waals surface area contributed by atoms with E-state index in [4.69, 9.17) is 11.6 Å². The molecule has 8 nitrogen and oxygen atoms in total. The van der Waals surface area contributed by atoms with E-state index >= 15 is 0 Å². The van der Waals surface area contributed by atoms with Gasteiger partial charge in [-0.3, -0.25) is 4.68 Å².